The first-order chi connectivity index (χ1) is 20.5. The molecule has 0 saturated carbocycles. The topological polar surface area (TPSA) is 115 Å². The molecule has 8 heteroatoms. The number of esters is 1. The highest BCUT2D eigenvalue weighted by Gasteiger charge is 2.52. The van der Waals surface area contributed by atoms with Crippen LogP contribution in [-0.4, -0.2) is 77.9 Å². The highest BCUT2D eigenvalue weighted by molar-refractivity contribution is 5.88. The number of hydrogen-bond acceptors (Lipinski definition) is 8. The molecule has 252 valence electrons. The quantitative estimate of drug-likeness (QED) is 0.308. The molecule has 2 heterocycles. The Balaban J connectivity index is 2.50. The van der Waals surface area contributed by atoms with Crippen LogP contribution in [0.15, 0.2) is 47.1 Å². The Bertz CT molecular complexity index is 1060. The Morgan fingerprint density at radius 2 is 1.66 bits per heavy atom. The summed E-state index contributed by atoms with van der Waals surface area (Å²) < 4.78 is 24.0. The summed E-state index contributed by atoms with van der Waals surface area (Å²) >= 11 is 0. The molecule has 0 aromatic heterocycles. The van der Waals surface area contributed by atoms with Gasteiger partial charge < -0.3 is 34.3 Å². The summed E-state index contributed by atoms with van der Waals surface area (Å²) in [5.41, 5.74) is 2.32. The largest absolute Gasteiger partial charge is 0.456 e. The van der Waals surface area contributed by atoms with Crippen LogP contribution in [0.3, 0.4) is 0 Å². The maximum Gasteiger partial charge on any atom is 0.334 e. The van der Waals surface area contributed by atoms with Crippen LogP contribution in [0.2, 0.25) is 0 Å². The van der Waals surface area contributed by atoms with Crippen LogP contribution >= 0.6 is 0 Å². The number of carbonyl (C=O) groups is 1. The number of methoxy groups -OCH3 is 2. The van der Waals surface area contributed by atoms with Crippen molar-refractivity contribution in [2.45, 2.75) is 124 Å². The van der Waals surface area contributed by atoms with E-state index < -0.39 is 48.0 Å². The highest BCUT2D eigenvalue weighted by atomic mass is 16.6. The second-order valence-electron chi connectivity index (χ2n) is 13.9. The molecule has 3 N–H and O–H groups in total. The first-order valence-electron chi connectivity index (χ1n) is 16.2. The van der Waals surface area contributed by atoms with Crippen LogP contribution in [0.4, 0.5) is 0 Å². The van der Waals surface area contributed by atoms with Crippen molar-refractivity contribution in [1.29, 1.82) is 0 Å². The van der Waals surface area contributed by atoms with Gasteiger partial charge in [-0.1, -0.05) is 83.9 Å². The molecule has 0 unspecified atom stereocenters. The van der Waals surface area contributed by atoms with E-state index in [1.165, 1.54) is 7.11 Å². The number of aliphatic hydroxyl groups is 3. The first kappa shape index (κ1) is 38.4. The van der Waals surface area contributed by atoms with E-state index >= 15 is 0 Å². The molecule has 1 fully saturated rings. The number of allylic oxidation sites excluding steroid dienone is 5. The van der Waals surface area contributed by atoms with E-state index in [1.807, 2.05) is 65.8 Å². The van der Waals surface area contributed by atoms with Crippen LogP contribution in [-0.2, 0) is 23.7 Å². The predicted octanol–water partition coefficient (Wildman–Crippen LogP) is 5.76. The van der Waals surface area contributed by atoms with Crippen molar-refractivity contribution in [1.82, 2.24) is 0 Å². The zero-order valence-corrected chi connectivity index (χ0v) is 29.1. The number of ether oxygens (including phenoxy) is 4. The zero-order chi connectivity index (χ0) is 33.5. The van der Waals surface area contributed by atoms with E-state index in [0.29, 0.717) is 5.57 Å². The van der Waals surface area contributed by atoms with Crippen molar-refractivity contribution in [3.63, 3.8) is 0 Å². The Hall–Kier alpha value is -1.81. The van der Waals surface area contributed by atoms with E-state index in [1.54, 1.807) is 34.0 Å². The summed E-state index contributed by atoms with van der Waals surface area (Å²) in [4.78, 5) is 13.4. The van der Waals surface area contributed by atoms with E-state index in [2.05, 4.69) is 6.92 Å². The molecule has 2 aliphatic heterocycles. The van der Waals surface area contributed by atoms with Crippen LogP contribution in [0.25, 0.3) is 0 Å². The molecule has 0 aromatic rings. The Morgan fingerprint density at radius 1 is 1.02 bits per heavy atom. The predicted molar refractivity (Wildman–Crippen MR) is 174 cm³/mol. The lowest BCUT2D eigenvalue weighted by Gasteiger charge is -2.50. The summed E-state index contributed by atoms with van der Waals surface area (Å²) in [5, 5.41) is 34.5. The van der Waals surface area contributed by atoms with E-state index in [4.69, 9.17) is 18.9 Å². The van der Waals surface area contributed by atoms with E-state index in [-0.39, 0.29) is 42.3 Å². The van der Waals surface area contributed by atoms with Gasteiger partial charge >= 0.3 is 5.97 Å². The second kappa shape index (κ2) is 16.7. The fraction of sp³-hybridized carbons (Fsp3) is 0.750. The van der Waals surface area contributed by atoms with Crippen molar-refractivity contribution >= 4 is 5.97 Å². The molecule has 0 aliphatic carbocycles. The van der Waals surface area contributed by atoms with Crippen molar-refractivity contribution in [3.8, 4) is 0 Å². The molecule has 2 aliphatic rings. The molecule has 12 atom stereocenters. The number of cyclic esters (lactones) is 1. The van der Waals surface area contributed by atoms with Gasteiger partial charge in [0.1, 0.15) is 12.2 Å². The van der Waals surface area contributed by atoms with Crippen molar-refractivity contribution in [3.05, 3.63) is 47.1 Å². The van der Waals surface area contributed by atoms with Crippen LogP contribution in [0, 0.1) is 35.5 Å². The van der Waals surface area contributed by atoms with Gasteiger partial charge in [0.2, 0.25) is 0 Å². The van der Waals surface area contributed by atoms with Crippen LogP contribution in [0.5, 0.6) is 0 Å². The van der Waals surface area contributed by atoms with Crippen molar-refractivity contribution < 1.29 is 39.1 Å². The maximum atomic E-state index is 13.4. The Labute approximate surface area is 266 Å². The smallest absolute Gasteiger partial charge is 0.334 e. The minimum absolute atomic E-state index is 0.0353. The van der Waals surface area contributed by atoms with Gasteiger partial charge in [-0.05, 0) is 45.1 Å². The van der Waals surface area contributed by atoms with Crippen molar-refractivity contribution in [2.24, 2.45) is 35.5 Å². The number of rotatable bonds is 7. The van der Waals surface area contributed by atoms with Crippen molar-refractivity contribution in [2.75, 3.05) is 14.2 Å². The molecule has 0 aromatic carbocycles. The average molecular weight is 621 g/mol. The van der Waals surface area contributed by atoms with Gasteiger partial charge in [0.15, 0.2) is 5.79 Å². The first-order valence-corrected chi connectivity index (χ1v) is 16.2. The molecular weight excluding hydrogens is 560 g/mol. The molecule has 8 nitrogen and oxygen atoms in total. The van der Waals surface area contributed by atoms with Crippen LogP contribution < -0.4 is 0 Å². The van der Waals surface area contributed by atoms with E-state index in [0.717, 1.165) is 17.6 Å². The number of hydrogen-bond donors (Lipinski definition) is 3. The average Bonchev–Trinajstić information content (AvgIpc) is 2.96. The summed E-state index contributed by atoms with van der Waals surface area (Å²) in [6.45, 7) is 19.3. The third-order valence-electron chi connectivity index (χ3n) is 9.76. The minimum Gasteiger partial charge on any atom is -0.456 e. The maximum absolute atomic E-state index is 13.4. The molecule has 0 spiro atoms. The molecule has 44 heavy (non-hydrogen) atoms. The molecular formula is C36H60O8. The van der Waals surface area contributed by atoms with Gasteiger partial charge in [0.05, 0.1) is 24.4 Å². The van der Waals surface area contributed by atoms with E-state index in [9.17, 15) is 20.1 Å². The monoisotopic (exact) mass is 620 g/mol. The van der Waals surface area contributed by atoms with Gasteiger partial charge in [-0.2, -0.15) is 0 Å². The summed E-state index contributed by atoms with van der Waals surface area (Å²) in [6, 6.07) is 0. The zero-order valence-electron chi connectivity index (χ0n) is 29.1. The summed E-state index contributed by atoms with van der Waals surface area (Å²) in [7, 11) is 3.17. The van der Waals surface area contributed by atoms with Gasteiger partial charge in [-0.15, -0.1) is 0 Å². The normalized spacial score (nSPS) is 41.3. The molecule has 0 radical (unpaired) electrons. The number of carbonyl (C=O) groups excluding carboxylic acids is 1. The molecule has 0 amide bonds. The Kier molecular flexibility index (Phi) is 14.5. The lowest BCUT2D eigenvalue weighted by atomic mass is 9.76. The fourth-order valence-corrected chi connectivity index (χ4v) is 6.85. The molecule has 1 saturated heterocycles. The van der Waals surface area contributed by atoms with Gasteiger partial charge in [-0.3, -0.25) is 0 Å². The fourth-order valence-electron chi connectivity index (χ4n) is 6.85. The standard InChI is InChI=1S/C36H60O8/c1-20(2)33-26(8)30(42-12)19-36(40,44-33)28(10)32(38)27(9)34-29(41-11)15-13-14-21(3)16-23(5)31(37)24(6)17-22(4)18-25(7)35(39)43-34/h13-15,17-18,20,23-24,26-34,37-38,40H,16,19H2,1-12H3/b15-13+,21-14+,22-17+,25-18+/t23-,24+,26-,27-,28-,29-,30+,31-,32+,33+,34+,36+/m0/s1. The SMILES string of the molecule is CO[C@H]1/C=C/C=C(\C)C[C@H](C)[C@H](O)[C@H](C)/C=C(C)/C=C(\C)C(=O)O[C@@H]1[C@@H](C)[C@@H](O)[C@H](C)[C@@]1(O)C[C@@H](OC)[C@H](C)[C@@H](C(C)C)O1. The van der Waals surface area contributed by atoms with Crippen LogP contribution in [0.1, 0.15) is 82.1 Å². The third kappa shape index (κ3) is 9.60. The van der Waals surface area contributed by atoms with Gasteiger partial charge in [0, 0.05) is 49.9 Å². The molecule has 0 bridgehead atoms. The lowest BCUT2D eigenvalue weighted by molar-refractivity contribution is -0.330. The third-order valence-corrected chi connectivity index (χ3v) is 9.76. The highest BCUT2D eigenvalue weighted by Crippen LogP contribution is 2.42. The lowest BCUT2D eigenvalue weighted by Crippen LogP contribution is -2.59. The second-order valence-corrected chi connectivity index (χ2v) is 13.9. The number of aliphatic hydroxyl groups excluding tert-OH is 2. The molecule has 2 rings (SSSR count). The van der Waals surface area contributed by atoms with Gasteiger partial charge in [0.25, 0.3) is 0 Å². The minimum atomic E-state index is -1.65. The van der Waals surface area contributed by atoms with Gasteiger partial charge in [-0.25, -0.2) is 4.79 Å². The summed E-state index contributed by atoms with van der Waals surface area (Å²) in [5.74, 6) is -3.43. The summed E-state index contributed by atoms with van der Waals surface area (Å²) in [6.07, 6.45) is 6.59. The Morgan fingerprint density at radius 3 is 2.23 bits per heavy atom.